The lowest BCUT2D eigenvalue weighted by Gasteiger charge is -1.79. The van der Waals surface area contributed by atoms with Gasteiger partial charge in [0, 0.05) is 0 Å². The first kappa shape index (κ1) is 11.5. The van der Waals surface area contributed by atoms with Crippen molar-refractivity contribution in [2.75, 3.05) is 13.7 Å². The average Bonchev–Trinajstić information content (AvgIpc) is 1.89. The fourth-order valence-corrected chi connectivity index (χ4v) is 0. The van der Waals surface area contributed by atoms with Crippen LogP contribution in [0.1, 0.15) is 0 Å². The highest BCUT2D eigenvalue weighted by Gasteiger charge is 1.82. The van der Waals surface area contributed by atoms with Crippen LogP contribution in [0.15, 0.2) is 0 Å². The number of aliphatic carboxylic acids is 1. The zero-order valence-electron chi connectivity index (χ0n) is 5.27. The van der Waals surface area contributed by atoms with E-state index in [2.05, 4.69) is 4.74 Å². The van der Waals surface area contributed by atoms with Gasteiger partial charge in [-0.1, -0.05) is 0 Å². The van der Waals surface area contributed by atoms with Gasteiger partial charge in [-0.25, -0.2) is 9.59 Å². The number of hydrogen-bond donors (Lipinski definition) is 3. The lowest BCUT2D eigenvalue weighted by Crippen LogP contribution is -1.98. The van der Waals surface area contributed by atoms with Gasteiger partial charge in [0.2, 0.25) is 0 Å². The maximum atomic E-state index is 9.15. The first-order chi connectivity index (χ1) is 4.54. The third-order valence-electron chi connectivity index (χ3n) is 0.310. The molecule has 0 aliphatic rings. The number of methoxy groups -OCH3 is 1. The van der Waals surface area contributed by atoms with Crippen LogP contribution in [-0.2, 0) is 9.53 Å². The lowest BCUT2D eigenvalue weighted by atomic mass is 10.8. The Morgan fingerprint density at radius 3 is 1.60 bits per heavy atom. The number of rotatable bonds is 1. The summed E-state index contributed by atoms with van der Waals surface area (Å²) in [4.78, 5) is 18.3. The van der Waals surface area contributed by atoms with Crippen molar-refractivity contribution in [1.29, 1.82) is 0 Å². The molecule has 0 aromatic heterocycles. The van der Waals surface area contributed by atoms with E-state index in [0.29, 0.717) is 0 Å². The fraction of sp³-hybridized carbons (Fsp3) is 0.500. The van der Waals surface area contributed by atoms with Gasteiger partial charge in [-0.2, -0.15) is 0 Å². The van der Waals surface area contributed by atoms with Crippen LogP contribution in [0.25, 0.3) is 0 Å². The largest absolute Gasteiger partial charge is 0.505 e. The van der Waals surface area contributed by atoms with Crippen molar-refractivity contribution in [1.82, 2.24) is 0 Å². The molecule has 0 heterocycles. The van der Waals surface area contributed by atoms with Crippen LogP contribution in [0.5, 0.6) is 0 Å². The minimum absolute atomic E-state index is 0.778. The Morgan fingerprint density at radius 2 is 1.60 bits per heavy atom. The van der Waals surface area contributed by atoms with Gasteiger partial charge in [0.1, 0.15) is 6.61 Å². The average molecular weight is 152 g/mol. The molecule has 0 fully saturated rings. The van der Waals surface area contributed by atoms with Crippen molar-refractivity contribution in [2.45, 2.75) is 0 Å². The molecular weight excluding hydrogens is 144 g/mol. The minimum atomic E-state index is -1.25. The Labute approximate surface area is 56.7 Å². The molecule has 6 heteroatoms. The Morgan fingerprint density at radius 1 is 1.40 bits per heavy atom. The second-order valence-electron chi connectivity index (χ2n) is 1.02. The molecule has 0 aromatic rings. The summed E-state index contributed by atoms with van der Waals surface area (Å²) in [6.45, 7) is -0.778. The SMILES string of the molecule is COC(=O)O.O=C(O)CO. The molecule has 3 N–H and O–H groups in total. The maximum absolute atomic E-state index is 9.15. The second-order valence-corrected chi connectivity index (χ2v) is 1.02. The molecule has 0 amide bonds. The van der Waals surface area contributed by atoms with Crippen LogP contribution < -0.4 is 0 Å². The van der Waals surface area contributed by atoms with Gasteiger partial charge in [0.05, 0.1) is 7.11 Å². The van der Waals surface area contributed by atoms with Crippen LogP contribution in [0.3, 0.4) is 0 Å². The number of carboxylic acids is 1. The highest BCUT2D eigenvalue weighted by Crippen LogP contribution is 1.60. The van der Waals surface area contributed by atoms with Crippen LogP contribution in [0.2, 0.25) is 0 Å². The molecule has 0 spiro atoms. The summed E-state index contributed by atoms with van der Waals surface area (Å²) in [5, 5.41) is 22.5. The van der Waals surface area contributed by atoms with Crippen LogP contribution in [0, 0.1) is 0 Å². The van der Waals surface area contributed by atoms with Crippen molar-refractivity contribution >= 4 is 12.1 Å². The lowest BCUT2D eigenvalue weighted by molar-refractivity contribution is -0.140. The van der Waals surface area contributed by atoms with E-state index in [-0.39, 0.29) is 0 Å². The molecular formula is C4H8O6. The molecule has 6 nitrogen and oxygen atoms in total. The normalized spacial score (nSPS) is 7.00. The summed E-state index contributed by atoms with van der Waals surface area (Å²) in [7, 11) is 1.10. The summed E-state index contributed by atoms with van der Waals surface area (Å²) in [5.41, 5.74) is 0. The van der Waals surface area contributed by atoms with Crippen molar-refractivity contribution < 1.29 is 29.6 Å². The van der Waals surface area contributed by atoms with Crippen LogP contribution in [0.4, 0.5) is 4.79 Å². The highest BCUT2D eigenvalue weighted by atomic mass is 16.6. The van der Waals surface area contributed by atoms with E-state index >= 15 is 0 Å². The van der Waals surface area contributed by atoms with Crippen molar-refractivity contribution in [2.24, 2.45) is 0 Å². The second kappa shape index (κ2) is 7.70. The molecule has 0 rings (SSSR count). The Kier molecular flexibility index (Phi) is 8.85. The molecule has 0 radical (unpaired) electrons. The summed E-state index contributed by atoms with van der Waals surface area (Å²) >= 11 is 0. The summed E-state index contributed by atoms with van der Waals surface area (Å²) in [6.07, 6.45) is -1.25. The van der Waals surface area contributed by atoms with Gasteiger partial charge in [0.25, 0.3) is 0 Å². The monoisotopic (exact) mass is 152 g/mol. The molecule has 0 unspecified atom stereocenters. The molecule has 0 saturated heterocycles. The smallest absolute Gasteiger partial charge is 0.480 e. The van der Waals surface area contributed by atoms with Gasteiger partial charge in [-0.3, -0.25) is 0 Å². The predicted molar refractivity (Wildman–Crippen MR) is 29.8 cm³/mol. The van der Waals surface area contributed by atoms with Gasteiger partial charge >= 0.3 is 12.1 Å². The van der Waals surface area contributed by atoms with Gasteiger partial charge in [-0.15, -0.1) is 0 Å². The topological polar surface area (TPSA) is 104 Å². The first-order valence-corrected chi connectivity index (χ1v) is 2.14. The van der Waals surface area contributed by atoms with Gasteiger partial charge < -0.3 is 20.1 Å². The van der Waals surface area contributed by atoms with E-state index in [4.69, 9.17) is 24.9 Å². The quantitative estimate of drug-likeness (QED) is 0.432. The molecule has 0 aliphatic heterocycles. The van der Waals surface area contributed by atoms with E-state index < -0.39 is 18.7 Å². The number of carboxylic acid groups (broad SMARTS) is 2. The standard InChI is InChI=1S/2C2H4O3/c1-5-2(3)4;3-1-2(4)5/h1H3,(H,3,4);3H,1H2,(H,4,5). The third-order valence-corrected chi connectivity index (χ3v) is 0.310. The molecule has 0 bridgehead atoms. The molecule has 0 atom stereocenters. The summed E-state index contributed by atoms with van der Waals surface area (Å²) in [5.74, 6) is -1.19. The molecule has 60 valence electrons. The Balaban J connectivity index is 0. The molecule has 10 heavy (non-hydrogen) atoms. The van der Waals surface area contributed by atoms with Gasteiger partial charge in [-0.05, 0) is 0 Å². The summed E-state index contributed by atoms with van der Waals surface area (Å²) in [6, 6.07) is 0. The minimum Gasteiger partial charge on any atom is -0.480 e. The van der Waals surface area contributed by atoms with Crippen LogP contribution >= 0.6 is 0 Å². The van der Waals surface area contributed by atoms with Crippen molar-refractivity contribution in [3.05, 3.63) is 0 Å². The molecule has 0 aliphatic carbocycles. The zero-order valence-corrected chi connectivity index (χ0v) is 5.27. The van der Waals surface area contributed by atoms with Crippen molar-refractivity contribution in [3.63, 3.8) is 0 Å². The van der Waals surface area contributed by atoms with E-state index in [1.54, 1.807) is 0 Å². The number of ether oxygens (including phenoxy) is 1. The number of aliphatic hydroxyl groups excluding tert-OH is 1. The number of carbonyl (C=O) groups is 2. The first-order valence-electron chi connectivity index (χ1n) is 2.14. The molecule has 0 aromatic carbocycles. The predicted octanol–water partition coefficient (Wildman–Crippen LogP) is -0.626. The van der Waals surface area contributed by atoms with E-state index in [0.717, 1.165) is 7.11 Å². The van der Waals surface area contributed by atoms with E-state index in [9.17, 15) is 0 Å². The van der Waals surface area contributed by atoms with Gasteiger partial charge in [0.15, 0.2) is 0 Å². The molecule has 0 saturated carbocycles. The highest BCUT2D eigenvalue weighted by molar-refractivity contribution is 5.67. The zero-order chi connectivity index (χ0) is 8.57. The summed E-state index contributed by atoms with van der Waals surface area (Å²) < 4.78 is 3.67. The Hall–Kier alpha value is -1.30. The van der Waals surface area contributed by atoms with E-state index in [1.165, 1.54) is 0 Å². The Bertz CT molecular complexity index is 94.3. The third kappa shape index (κ3) is 29.9. The fourth-order valence-electron chi connectivity index (χ4n) is 0. The number of aliphatic hydroxyl groups is 1. The number of hydrogen-bond acceptors (Lipinski definition) is 4. The van der Waals surface area contributed by atoms with Crippen LogP contribution in [-0.4, -0.2) is 41.2 Å². The van der Waals surface area contributed by atoms with E-state index in [1.807, 2.05) is 0 Å². The maximum Gasteiger partial charge on any atom is 0.505 e. The van der Waals surface area contributed by atoms with Crippen molar-refractivity contribution in [3.8, 4) is 0 Å².